The normalized spacial score (nSPS) is 10.3. The monoisotopic (exact) mass is 271 g/mol. The van der Waals surface area contributed by atoms with Crippen molar-refractivity contribution < 1.29 is 14.3 Å². The summed E-state index contributed by atoms with van der Waals surface area (Å²) in [5, 5.41) is 0. The van der Waals surface area contributed by atoms with E-state index < -0.39 is 5.97 Å². The summed E-state index contributed by atoms with van der Waals surface area (Å²) in [6.45, 7) is 5.65. The summed E-state index contributed by atoms with van der Waals surface area (Å²) in [5.74, 6) is -0.548. The molecule has 2 aromatic rings. The predicted octanol–water partition coefficient (Wildman–Crippen LogP) is 3.19. The molecule has 20 heavy (non-hydrogen) atoms. The zero-order valence-electron chi connectivity index (χ0n) is 11.8. The summed E-state index contributed by atoms with van der Waals surface area (Å²) in [6, 6.07) is 7.53. The molecule has 2 rings (SSSR count). The first kappa shape index (κ1) is 14.1. The molecule has 0 unspecified atom stereocenters. The number of ketones is 1. The molecule has 0 fully saturated rings. The van der Waals surface area contributed by atoms with Gasteiger partial charge in [-0.15, -0.1) is 0 Å². The second-order valence-electron chi connectivity index (χ2n) is 4.86. The molecule has 0 aliphatic rings. The fraction of sp³-hybridized carbons (Fsp3) is 0.250. The van der Waals surface area contributed by atoms with Gasteiger partial charge in [-0.25, -0.2) is 4.79 Å². The molecule has 0 saturated heterocycles. The number of hydrogen-bond donors (Lipinski definition) is 1. The summed E-state index contributed by atoms with van der Waals surface area (Å²) < 4.78 is 5.26. The Labute approximate surface area is 117 Å². The molecule has 1 heterocycles. The van der Waals surface area contributed by atoms with Crippen molar-refractivity contribution in [1.82, 2.24) is 4.98 Å². The molecular weight excluding hydrogens is 254 g/mol. The van der Waals surface area contributed by atoms with E-state index in [4.69, 9.17) is 4.74 Å². The molecule has 104 valence electrons. The minimum absolute atomic E-state index is 0.0881. The van der Waals surface area contributed by atoms with Gasteiger partial charge in [-0.05, 0) is 38.0 Å². The van der Waals surface area contributed by atoms with Crippen LogP contribution in [0.25, 0.3) is 0 Å². The van der Waals surface area contributed by atoms with E-state index in [1.54, 1.807) is 0 Å². The zero-order valence-corrected chi connectivity index (χ0v) is 11.8. The number of H-pyrrole nitrogens is 1. The summed E-state index contributed by atoms with van der Waals surface area (Å²) in [5.41, 5.74) is 3.96. The highest BCUT2D eigenvalue weighted by molar-refractivity contribution is 5.97. The lowest BCUT2D eigenvalue weighted by Crippen LogP contribution is -2.06. The lowest BCUT2D eigenvalue weighted by atomic mass is 10.1. The minimum atomic E-state index is -0.460. The summed E-state index contributed by atoms with van der Waals surface area (Å²) >= 11 is 0. The topological polar surface area (TPSA) is 59.2 Å². The van der Waals surface area contributed by atoms with Gasteiger partial charge in [-0.2, -0.15) is 0 Å². The van der Waals surface area contributed by atoms with E-state index in [-0.39, 0.29) is 12.4 Å². The van der Waals surface area contributed by atoms with Gasteiger partial charge in [0.05, 0.1) is 0 Å². The van der Waals surface area contributed by atoms with Crippen LogP contribution in [-0.2, 0) is 11.3 Å². The van der Waals surface area contributed by atoms with Crippen LogP contribution in [0.3, 0.4) is 0 Å². The molecule has 1 aromatic carbocycles. The lowest BCUT2D eigenvalue weighted by molar-refractivity contribution is 0.0466. The van der Waals surface area contributed by atoms with Gasteiger partial charge in [-0.1, -0.05) is 23.8 Å². The van der Waals surface area contributed by atoms with Crippen LogP contribution in [0.5, 0.6) is 0 Å². The Morgan fingerprint density at radius 2 is 1.95 bits per heavy atom. The molecule has 0 bridgehead atoms. The highest BCUT2D eigenvalue weighted by Crippen LogP contribution is 2.13. The third-order valence-electron chi connectivity index (χ3n) is 3.17. The Morgan fingerprint density at radius 1 is 1.20 bits per heavy atom. The number of carbonyl (C=O) groups is 2. The van der Waals surface area contributed by atoms with Crippen molar-refractivity contribution in [2.45, 2.75) is 27.4 Å². The zero-order chi connectivity index (χ0) is 14.7. The van der Waals surface area contributed by atoms with Gasteiger partial charge in [0.2, 0.25) is 0 Å². The molecule has 0 amide bonds. The first-order chi connectivity index (χ1) is 9.47. The van der Waals surface area contributed by atoms with Gasteiger partial charge in [0.25, 0.3) is 0 Å². The maximum absolute atomic E-state index is 11.9. The van der Waals surface area contributed by atoms with Gasteiger partial charge in [0, 0.05) is 11.8 Å². The Balaban J connectivity index is 2.04. The Hall–Kier alpha value is -2.36. The SMILES string of the molecule is CC(=O)c1c[nH]c(C(=O)OCc2cc(C)ccc2C)c1. The van der Waals surface area contributed by atoms with Crippen molar-refractivity contribution in [1.29, 1.82) is 0 Å². The summed E-state index contributed by atoms with van der Waals surface area (Å²) in [7, 11) is 0. The number of carbonyl (C=O) groups excluding carboxylic acids is 2. The first-order valence-electron chi connectivity index (χ1n) is 6.40. The van der Waals surface area contributed by atoms with E-state index in [1.165, 1.54) is 19.2 Å². The molecule has 0 spiro atoms. The number of aryl methyl sites for hydroxylation is 2. The number of hydrogen-bond acceptors (Lipinski definition) is 3. The van der Waals surface area contributed by atoms with E-state index >= 15 is 0 Å². The van der Waals surface area contributed by atoms with Crippen molar-refractivity contribution in [2.24, 2.45) is 0 Å². The summed E-state index contributed by atoms with van der Waals surface area (Å²) in [4.78, 5) is 25.8. The van der Waals surface area contributed by atoms with E-state index in [9.17, 15) is 9.59 Å². The molecule has 4 nitrogen and oxygen atoms in total. The maximum atomic E-state index is 11.9. The van der Waals surface area contributed by atoms with E-state index in [2.05, 4.69) is 4.98 Å². The molecule has 0 radical (unpaired) electrons. The highest BCUT2D eigenvalue weighted by Gasteiger charge is 2.12. The van der Waals surface area contributed by atoms with Gasteiger partial charge in [0.15, 0.2) is 5.78 Å². The van der Waals surface area contributed by atoms with Gasteiger partial charge >= 0.3 is 5.97 Å². The molecule has 0 saturated carbocycles. The van der Waals surface area contributed by atoms with Crippen LogP contribution in [0.2, 0.25) is 0 Å². The third-order valence-corrected chi connectivity index (χ3v) is 3.17. The standard InChI is InChI=1S/C16H17NO3/c1-10-4-5-11(2)14(6-10)9-20-16(19)15-7-13(8-17-15)12(3)18/h4-8,17H,9H2,1-3H3. The maximum Gasteiger partial charge on any atom is 0.355 e. The predicted molar refractivity (Wildman–Crippen MR) is 75.8 cm³/mol. The Morgan fingerprint density at radius 3 is 2.60 bits per heavy atom. The number of aromatic nitrogens is 1. The fourth-order valence-electron chi connectivity index (χ4n) is 1.89. The van der Waals surface area contributed by atoms with E-state index in [0.717, 1.165) is 16.7 Å². The molecule has 1 aromatic heterocycles. The second-order valence-corrected chi connectivity index (χ2v) is 4.86. The minimum Gasteiger partial charge on any atom is -0.456 e. The average Bonchev–Trinajstić information content (AvgIpc) is 2.89. The van der Waals surface area contributed by atoms with Crippen LogP contribution >= 0.6 is 0 Å². The average molecular weight is 271 g/mol. The highest BCUT2D eigenvalue weighted by atomic mass is 16.5. The molecule has 0 aliphatic carbocycles. The molecule has 0 atom stereocenters. The Kier molecular flexibility index (Phi) is 4.03. The van der Waals surface area contributed by atoms with E-state index in [1.807, 2.05) is 32.0 Å². The van der Waals surface area contributed by atoms with Crippen molar-refractivity contribution >= 4 is 11.8 Å². The van der Waals surface area contributed by atoms with Crippen LogP contribution in [0.1, 0.15) is 44.5 Å². The van der Waals surface area contributed by atoms with Crippen molar-refractivity contribution in [3.8, 4) is 0 Å². The molecule has 1 N–H and O–H groups in total. The number of esters is 1. The van der Waals surface area contributed by atoms with Gasteiger partial charge in [-0.3, -0.25) is 4.79 Å². The second kappa shape index (κ2) is 5.74. The number of rotatable bonds is 4. The van der Waals surface area contributed by atoms with Gasteiger partial charge in [0.1, 0.15) is 12.3 Å². The van der Waals surface area contributed by atoms with Crippen molar-refractivity contribution in [2.75, 3.05) is 0 Å². The first-order valence-corrected chi connectivity index (χ1v) is 6.40. The van der Waals surface area contributed by atoms with Crippen molar-refractivity contribution in [3.63, 3.8) is 0 Å². The fourth-order valence-corrected chi connectivity index (χ4v) is 1.89. The number of ether oxygens (including phenoxy) is 1. The largest absolute Gasteiger partial charge is 0.456 e. The smallest absolute Gasteiger partial charge is 0.355 e. The van der Waals surface area contributed by atoms with Crippen molar-refractivity contribution in [3.05, 3.63) is 58.4 Å². The van der Waals surface area contributed by atoms with Crippen LogP contribution in [-0.4, -0.2) is 16.7 Å². The number of aromatic amines is 1. The molecular formula is C16H17NO3. The van der Waals surface area contributed by atoms with Crippen LogP contribution in [0.15, 0.2) is 30.5 Å². The van der Waals surface area contributed by atoms with Gasteiger partial charge < -0.3 is 9.72 Å². The number of nitrogens with one attached hydrogen (secondary N) is 1. The quantitative estimate of drug-likeness (QED) is 0.686. The lowest BCUT2D eigenvalue weighted by Gasteiger charge is -2.07. The molecule has 0 aliphatic heterocycles. The number of Topliss-reactive ketones (excluding diaryl/α,β-unsaturated/α-hetero) is 1. The van der Waals surface area contributed by atoms with Crippen LogP contribution in [0, 0.1) is 13.8 Å². The third kappa shape index (κ3) is 3.15. The van der Waals surface area contributed by atoms with Crippen LogP contribution in [0.4, 0.5) is 0 Å². The Bertz CT molecular complexity index is 655. The molecule has 4 heteroatoms. The van der Waals surface area contributed by atoms with Crippen LogP contribution < -0.4 is 0 Å². The number of benzene rings is 1. The summed E-state index contributed by atoms with van der Waals surface area (Å²) in [6.07, 6.45) is 1.51. The van der Waals surface area contributed by atoms with E-state index in [0.29, 0.717) is 11.3 Å².